The van der Waals surface area contributed by atoms with Crippen molar-refractivity contribution in [3.63, 3.8) is 0 Å². The number of nitrogens with one attached hydrogen (secondary N) is 1. The van der Waals surface area contributed by atoms with Crippen LogP contribution in [0.15, 0.2) is 54.6 Å². The van der Waals surface area contributed by atoms with Crippen LogP contribution in [0.1, 0.15) is 32.3 Å². The number of hydrogen-bond donors (Lipinski definition) is 2. The minimum atomic E-state index is -3.31. The van der Waals surface area contributed by atoms with Crippen LogP contribution in [-0.4, -0.2) is 74.9 Å². The quantitative estimate of drug-likeness (QED) is 0.426. The lowest BCUT2D eigenvalue weighted by Gasteiger charge is -2.48. The molecule has 8 nitrogen and oxygen atoms in total. The fourth-order valence-corrected chi connectivity index (χ4v) is 6.97. The molecule has 0 saturated carbocycles. The largest absolute Gasteiger partial charge is 0.494 e. The summed E-state index contributed by atoms with van der Waals surface area (Å²) in [6, 6.07) is 19.3. The number of piperidine rings is 1. The Bertz CT molecular complexity index is 1140. The standard InChI is InChI=1S/C28H39N3O5S/c1-28(2)17-23-19-30(18-22-7-4-3-5-8-22)21-26(28)31(20-23)24-9-11-25(12-10-24)36-14-6-15-37(34,35)16-13-29-27(32)33/h3-5,7-12,23,26,29H,6,13-21H2,1-2H3,(H,32,33)/t23-,26+/m0/s1. The molecule has 2 aromatic rings. The zero-order valence-electron chi connectivity index (χ0n) is 21.8. The number of benzene rings is 2. The highest BCUT2D eigenvalue weighted by atomic mass is 32.2. The minimum absolute atomic E-state index is 0.0300. The minimum Gasteiger partial charge on any atom is -0.494 e. The molecule has 3 aliphatic rings. The summed E-state index contributed by atoms with van der Waals surface area (Å²) in [6.45, 7) is 9.16. The molecule has 202 valence electrons. The average Bonchev–Trinajstić information content (AvgIpc) is 3.08. The van der Waals surface area contributed by atoms with Gasteiger partial charge in [0, 0.05) is 44.5 Å². The second-order valence-electron chi connectivity index (χ2n) is 11.0. The van der Waals surface area contributed by atoms with Crippen molar-refractivity contribution >= 4 is 21.6 Å². The summed E-state index contributed by atoms with van der Waals surface area (Å²) in [5.74, 6) is 1.10. The number of anilines is 1. The monoisotopic (exact) mass is 529 g/mol. The number of hydrogen-bond acceptors (Lipinski definition) is 6. The molecule has 3 aliphatic heterocycles. The highest BCUT2D eigenvalue weighted by Crippen LogP contribution is 2.43. The number of amides is 1. The first kappa shape index (κ1) is 27.3. The molecule has 2 aromatic carbocycles. The summed E-state index contributed by atoms with van der Waals surface area (Å²) in [5, 5.41) is 10.6. The van der Waals surface area contributed by atoms with Gasteiger partial charge in [-0.05, 0) is 54.0 Å². The van der Waals surface area contributed by atoms with Gasteiger partial charge in [0.25, 0.3) is 0 Å². The summed E-state index contributed by atoms with van der Waals surface area (Å²) >= 11 is 0. The van der Waals surface area contributed by atoms with E-state index in [1.165, 1.54) is 17.7 Å². The van der Waals surface area contributed by atoms with Gasteiger partial charge in [0.05, 0.1) is 18.1 Å². The maximum absolute atomic E-state index is 12.0. The van der Waals surface area contributed by atoms with Crippen molar-refractivity contribution in [3.8, 4) is 5.75 Å². The number of rotatable bonds is 11. The lowest BCUT2D eigenvalue weighted by Crippen LogP contribution is -2.53. The third-order valence-corrected chi connectivity index (χ3v) is 9.21. The highest BCUT2D eigenvalue weighted by Gasteiger charge is 2.45. The molecule has 2 atom stereocenters. The second kappa shape index (κ2) is 11.7. The highest BCUT2D eigenvalue weighted by molar-refractivity contribution is 7.91. The van der Waals surface area contributed by atoms with Crippen LogP contribution in [0.5, 0.6) is 5.75 Å². The predicted octanol–water partition coefficient (Wildman–Crippen LogP) is 3.87. The number of sulfone groups is 1. The van der Waals surface area contributed by atoms with E-state index < -0.39 is 15.9 Å². The molecule has 2 N–H and O–H groups in total. The number of nitrogens with zero attached hydrogens (tertiary/aromatic N) is 2. The maximum atomic E-state index is 12.0. The number of carbonyl (C=O) groups is 1. The topological polar surface area (TPSA) is 99.2 Å². The number of carboxylic acid groups (broad SMARTS) is 1. The van der Waals surface area contributed by atoms with Crippen LogP contribution in [0.3, 0.4) is 0 Å². The van der Waals surface area contributed by atoms with Crippen LogP contribution in [-0.2, 0) is 16.4 Å². The van der Waals surface area contributed by atoms with Crippen molar-refractivity contribution in [2.24, 2.45) is 11.3 Å². The summed E-state index contributed by atoms with van der Waals surface area (Å²) in [6.07, 6.45) is 0.372. The zero-order valence-corrected chi connectivity index (χ0v) is 22.6. The predicted molar refractivity (Wildman–Crippen MR) is 146 cm³/mol. The van der Waals surface area contributed by atoms with Gasteiger partial charge < -0.3 is 20.1 Å². The Labute approximate surface area is 220 Å². The van der Waals surface area contributed by atoms with E-state index in [2.05, 4.69) is 71.4 Å². The van der Waals surface area contributed by atoms with Crippen LogP contribution in [0, 0.1) is 11.3 Å². The number of fused-ring (bicyclic) bond motifs is 4. The van der Waals surface area contributed by atoms with Gasteiger partial charge in [-0.2, -0.15) is 0 Å². The lowest BCUT2D eigenvalue weighted by atomic mass is 9.73. The van der Waals surface area contributed by atoms with Crippen LogP contribution in [0.2, 0.25) is 0 Å². The Kier molecular flexibility index (Phi) is 8.64. The van der Waals surface area contributed by atoms with Crippen molar-refractivity contribution in [1.29, 1.82) is 0 Å². The van der Waals surface area contributed by atoms with Gasteiger partial charge in [-0.3, -0.25) is 4.90 Å². The Morgan fingerprint density at radius 2 is 1.78 bits per heavy atom. The van der Waals surface area contributed by atoms with Gasteiger partial charge in [-0.1, -0.05) is 44.2 Å². The SMILES string of the molecule is CC1(C)C[C@H]2CN(Cc3ccccc3)C[C@H]1N(c1ccc(OCCCS(=O)(=O)CCNC(=O)O)cc1)C2. The van der Waals surface area contributed by atoms with E-state index in [1.807, 2.05) is 12.1 Å². The maximum Gasteiger partial charge on any atom is 0.404 e. The molecule has 2 bridgehead atoms. The van der Waals surface area contributed by atoms with Gasteiger partial charge in [-0.15, -0.1) is 0 Å². The van der Waals surface area contributed by atoms with Crippen LogP contribution >= 0.6 is 0 Å². The molecular formula is C28H39N3O5S. The molecule has 0 radical (unpaired) electrons. The summed E-state index contributed by atoms with van der Waals surface area (Å²) in [7, 11) is -3.31. The molecule has 0 spiro atoms. The van der Waals surface area contributed by atoms with E-state index in [9.17, 15) is 13.2 Å². The van der Waals surface area contributed by atoms with Crippen molar-refractivity contribution in [3.05, 3.63) is 60.2 Å². The van der Waals surface area contributed by atoms with Gasteiger partial charge in [0.1, 0.15) is 5.75 Å². The second-order valence-corrected chi connectivity index (χ2v) is 13.3. The van der Waals surface area contributed by atoms with E-state index >= 15 is 0 Å². The molecular weight excluding hydrogens is 490 g/mol. The van der Waals surface area contributed by atoms with Gasteiger partial charge in [0.2, 0.25) is 0 Å². The van der Waals surface area contributed by atoms with Crippen LogP contribution in [0.25, 0.3) is 0 Å². The van der Waals surface area contributed by atoms with Gasteiger partial charge in [0.15, 0.2) is 9.84 Å². The Morgan fingerprint density at radius 3 is 2.49 bits per heavy atom. The molecule has 5 rings (SSSR count). The Morgan fingerprint density at radius 1 is 1.05 bits per heavy atom. The molecule has 0 unspecified atom stereocenters. The van der Waals surface area contributed by atoms with Gasteiger partial charge in [-0.25, -0.2) is 13.2 Å². The molecule has 0 aromatic heterocycles. The van der Waals surface area contributed by atoms with Crippen molar-refractivity contribution in [2.75, 3.05) is 49.2 Å². The van der Waals surface area contributed by atoms with E-state index in [0.29, 0.717) is 25.0 Å². The third-order valence-electron chi connectivity index (χ3n) is 7.47. The molecule has 37 heavy (non-hydrogen) atoms. The van der Waals surface area contributed by atoms with Crippen LogP contribution < -0.4 is 15.0 Å². The van der Waals surface area contributed by atoms with Crippen molar-refractivity contribution in [1.82, 2.24) is 10.2 Å². The molecule has 3 fully saturated rings. The van der Waals surface area contributed by atoms with Gasteiger partial charge >= 0.3 is 6.09 Å². The summed E-state index contributed by atoms with van der Waals surface area (Å²) in [4.78, 5) is 15.6. The molecule has 0 aliphatic carbocycles. The Balaban J connectivity index is 1.32. The van der Waals surface area contributed by atoms with E-state index in [4.69, 9.17) is 9.84 Å². The fraction of sp³-hybridized carbons (Fsp3) is 0.536. The summed E-state index contributed by atoms with van der Waals surface area (Å²) in [5.41, 5.74) is 2.78. The van der Waals surface area contributed by atoms with E-state index in [0.717, 1.165) is 31.9 Å². The Hall–Kier alpha value is -2.78. The van der Waals surface area contributed by atoms with Crippen molar-refractivity contribution in [2.45, 2.75) is 39.3 Å². The number of ether oxygens (including phenoxy) is 1. The molecule has 3 heterocycles. The smallest absolute Gasteiger partial charge is 0.404 e. The molecule has 1 amide bonds. The first-order chi connectivity index (χ1) is 17.6. The average molecular weight is 530 g/mol. The van der Waals surface area contributed by atoms with E-state index in [1.54, 1.807) is 0 Å². The lowest BCUT2D eigenvalue weighted by molar-refractivity contribution is 0.190. The summed E-state index contributed by atoms with van der Waals surface area (Å²) < 4.78 is 29.8. The van der Waals surface area contributed by atoms with E-state index in [-0.39, 0.29) is 23.5 Å². The first-order valence-electron chi connectivity index (χ1n) is 13.0. The molecule has 9 heteroatoms. The fourth-order valence-electron chi connectivity index (χ4n) is 5.80. The third kappa shape index (κ3) is 7.61. The first-order valence-corrected chi connectivity index (χ1v) is 14.9. The normalized spacial score (nSPS) is 21.4. The zero-order chi connectivity index (χ0) is 26.5. The van der Waals surface area contributed by atoms with Crippen molar-refractivity contribution < 1.29 is 23.1 Å². The molecule has 3 saturated heterocycles. The van der Waals surface area contributed by atoms with Crippen LogP contribution in [0.4, 0.5) is 10.5 Å².